The number of halogens is 2. The molecule has 2 aromatic heterocycles. The Bertz CT molecular complexity index is 1470. The minimum Gasteiger partial charge on any atom is -0.356 e. The molecule has 4 rings (SSSR count). The molecule has 38 heavy (non-hydrogen) atoms. The fourth-order valence-corrected chi connectivity index (χ4v) is 5.92. The maximum atomic E-state index is 13.2. The summed E-state index contributed by atoms with van der Waals surface area (Å²) < 4.78 is 2.24. The maximum Gasteiger partial charge on any atom is 0.272 e. The lowest BCUT2D eigenvalue weighted by Gasteiger charge is -2.12. The van der Waals surface area contributed by atoms with Gasteiger partial charge in [-0.25, -0.2) is 4.98 Å². The quantitative estimate of drug-likeness (QED) is 0.0818. The zero-order valence-electron chi connectivity index (χ0n) is 20.6. The molecule has 0 fully saturated rings. The van der Waals surface area contributed by atoms with E-state index in [4.69, 9.17) is 23.2 Å². The van der Waals surface area contributed by atoms with Crippen LogP contribution >= 0.6 is 46.3 Å². The summed E-state index contributed by atoms with van der Waals surface area (Å²) in [5.41, 5.74) is 2.18. The van der Waals surface area contributed by atoms with Crippen molar-refractivity contribution in [3.05, 3.63) is 91.5 Å². The fourth-order valence-electron chi connectivity index (χ4n) is 3.93. The smallest absolute Gasteiger partial charge is 0.272 e. The highest BCUT2D eigenvalue weighted by Gasteiger charge is 2.16. The molecule has 0 spiro atoms. The van der Waals surface area contributed by atoms with Gasteiger partial charge in [0.25, 0.3) is 5.56 Å². The Kier molecular flexibility index (Phi) is 10.4. The van der Waals surface area contributed by atoms with E-state index in [1.807, 2.05) is 41.8 Å². The number of Topliss-reactive ketones (excluding diaryl/α,β-unsaturated/α-hetero) is 1. The molecule has 1 N–H and O–H groups in total. The van der Waals surface area contributed by atoms with E-state index in [-0.39, 0.29) is 23.0 Å². The molecule has 0 aliphatic heterocycles. The van der Waals surface area contributed by atoms with Gasteiger partial charge in [-0.15, -0.1) is 11.3 Å². The normalized spacial score (nSPS) is 11.1. The van der Waals surface area contributed by atoms with Crippen molar-refractivity contribution < 1.29 is 9.59 Å². The number of hydrogen-bond acceptors (Lipinski definition) is 6. The number of fused-ring (bicyclic) bond motifs is 1. The third kappa shape index (κ3) is 7.69. The van der Waals surface area contributed by atoms with E-state index >= 15 is 0 Å². The van der Waals surface area contributed by atoms with Crippen molar-refractivity contribution in [2.24, 2.45) is 0 Å². The van der Waals surface area contributed by atoms with Crippen LogP contribution in [0.4, 0.5) is 0 Å². The maximum absolute atomic E-state index is 13.2. The average Bonchev–Trinajstić information content (AvgIpc) is 3.39. The Labute approximate surface area is 239 Å². The molecule has 0 aliphatic carbocycles. The minimum absolute atomic E-state index is 0.0387. The number of benzene rings is 2. The van der Waals surface area contributed by atoms with E-state index in [1.54, 1.807) is 22.8 Å². The highest BCUT2D eigenvalue weighted by atomic mass is 35.5. The molecule has 0 atom stereocenters. The molecule has 4 aromatic rings. The lowest BCUT2D eigenvalue weighted by molar-refractivity contribution is -0.121. The van der Waals surface area contributed by atoms with Gasteiger partial charge in [0.2, 0.25) is 5.91 Å². The number of nitrogens with one attached hydrogen (secondary N) is 1. The number of hydrogen-bond donors (Lipinski definition) is 1. The number of carbonyl (C=O) groups excluding carboxylic acids is 2. The Morgan fingerprint density at radius 2 is 1.82 bits per heavy atom. The van der Waals surface area contributed by atoms with Crippen LogP contribution in [0.3, 0.4) is 0 Å². The first-order valence-electron chi connectivity index (χ1n) is 12.3. The fraction of sp³-hybridized carbons (Fsp3) is 0.286. The topological polar surface area (TPSA) is 81.1 Å². The summed E-state index contributed by atoms with van der Waals surface area (Å²) >= 11 is 14.6. The monoisotopic (exact) mass is 587 g/mol. The number of ketones is 1. The molecule has 0 aliphatic rings. The van der Waals surface area contributed by atoms with Crippen molar-refractivity contribution in [1.29, 1.82) is 0 Å². The molecule has 0 unspecified atom stereocenters. The third-order valence-electron chi connectivity index (χ3n) is 5.97. The van der Waals surface area contributed by atoms with Crippen LogP contribution in [0.25, 0.3) is 10.2 Å². The van der Waals surface area contributed by atoms with Crippen molar-refractivity contribution in [3.8, 4) is 0 Å². The van der Waals surface area contributed by atoms with Gasteiger partial charge in [0.15, 0.2) is 10.9 Å². The van der Waals surface area contributed by atoms with Crippen molar-refractivity contribution >= 4 is 68.2 Å². The van der Waals surface area contributed by atoms with Crippen LogP contribution in [0, 0.1) is 0 Å². The highest BCUT2D eigenvalue weighted by molar-refractivity contribution is 7.99. The van der Waals surface area contributed by atoms with Crippen molar-refractivity contribution in [3.63, 3.8) is 0 Å². The first-order valence-corrected chi connectivity index (χ1v) is 14.9. The first-order chi connectivity index (χ1) is 18.4. The van der Waals surface area contributed by atoms with E-state index in [2.05, 4.69) is 10.3 Å². The summed E-state index contributed by atoms with van der Waals surface area (Å²) in [6.45, 7) is 1.09. The molecule has 2 heterocycles. The number of aromatic nitrogens is 2. The van der Waals surface area contributed by atoms with E-state index in [9.17, 15) is 14.4 Å². The lowest BCUT2D eigenvalue weighted by Crippen LogP contribution is -2.25. The van der Waals surface area contributed by atoms with E-state index in [0.717, 1.165) is 25.7 Å². The number of unbranched alkanes of at least 4 members (excludes halogenated alkanes) is 2. The molecule has 0 saturated carbocycles. The largest absolute Gasteiger partial charge is 0.356 e. The summed E-state index contributed by atoms with van der Waals surface area (Å²) in [7, 11) is 0. The van der Waals surface area contributed by atoms with Gasteiger partial charge in [-0.2, -0.15) is 0 Å². The van der Waals surface area contributed by atoms with Gasteiger partial charge in [0.1, 0.15) is 4.70 Å². The third-order valence-corrected chi connectivity index (χ3v) is 8.58. The average molecular weight is 589 g/mol. The first kappa shape index (κ1) is 28.4. The van der Waals surface area contributed by atoms with Gasteiger partial charge in [-0.05, 0) is 54.5 Å². The summed E-state index contributed by atoms with van der Waals surface area (Å²) in [4.78, 5) is 42.7. The van der Waals surface area contributed by atoms with E-state index < -0.39 is 0 Å². The standard InChI is InChI=1S/C28H27Cl2N3O3S2/c29-21-11-10-20(17-22(21)30)24(34)18-38-28-32-23-13-16-37-26(23)27(36)33(28)15-6-2-5-9-25(35)31-14-12-19-7-3-1-4-8-19/h1,3-4,7-8,10-11,13,16-17H,2,5-6,9,12,14-15,18H2,(H,31,35). The molecule has 0 bridgehead atoms. The van der Waals surface area contributed by atoms with Crippen LogP contribution in [-0.4, -0.2) is 33.5 Å². The number of thioether (sulfide) groups is 1. The van der Waals surface area contributed by atoms with Gasteiger partial charge in [-0.3, -0.25) is 19.0 Å². The van der Waals surface area contributed by atoms with Crippen molar-refractivity contribution in [2.75, 3.05) is 12.3 Å². The second-order valence-corrected chi connectivity index (χ2v) is 11.4. The molecule has 198 valence electrons. The second kappa shape index (κ2) is 13.9. The van der Waals surface area contributed by atoms with E-state index in [0.29, 0.717) is 50.5 Å². The van der Waals surface area contributed by atoms with Crippen LogP contribution in [0.2, 0.25) is 10.0 Å². The number of thiophene rings is 1. The Hall–Kier alpha value is -2.65. The van der Waals surface area contributed by atoms with Gasteiger partial charge >= 0.3 is 0 Å². The number of carbonyl (C=O) groups is 2. The van der Waals surface area contributed by atoms with Crippen LogP contribution < -0.4 is 10.9 Å². The molecule has 2 aromatic carbocycles. The Morgan fingerprint density at radius 3 is 2.61 bits per heavy atom. The van der Waals surface area contributed by atoms with Crippen LogP contribution in [-0.2, 0) is 17.8 Å². The second-order valence-electron chi connectivity index (χ2n) is 8.72. The zero-order valence-corrected chi connectivity index (χ0v) is 23.8. The van der Waals surface area contributed by atoms with Crippen LogP contribution in [0.5, 0.6) is 0 Å². The SMILES string of the molecule is O=C(CCCCCn1c(SCC(=O)c2ccc(Cl)c(Cl)c2)nc2ccsc2c1=O)NCCc1ccccc1. The summed E-state index contributed by atoms with van der Waals surface area (Å²) in [6, 6.07) is 16.6. The molecular weight excluding hydrogens is 561 g/mol. The van der Waals surface area contributed by atoms with Gasteiger partial charge < -0.3 is 5.32 Å². The number of rotatable bonds is 13. The molecule has 1 amide bonds. The Balaban J connectivity index is 1.29. The Morgan fingerprint density at radius 1 is 1.00 bits per heavy atom. The summed E-state index contributed by atoms with van der Waals surface area (Å²) in [5.74, 6) is 0.0262. The molecule has 0 radical (unpaired) electrons. The van der Waals surface area contributed by atoms with Gasteiger partial charge in [0, 0.05) is 25.1 Å². The van der Waals surface area contributed by atoms with E-state index in [1.165, 1.54) is 28.7 Å². The highest BCUT2D eigenvalue weighted by Crippen LogP contribution is 2.25. The predicted octanol–water partition coefficient (Wildman–Crippen LogP) is 6.66. The summed E-state index contributed by atoms with van der Waals surface area (Å²) in [6.07, 6.45) is 3.52. The van der Waals surface area contributed by atoms with Crippen LogP contribution in [0.1, 0.15) is 41.6 Å². The number of amides is 1. The zero-order chi connectivity index (χ0) is 26.9. The molecular formula is C28H27Cl2N3O3S2. The summed E-state index contributed by atoms with van der Waals surface area (Å²) in [5, 5.41) is 6.03. The minimum atomic E-state index is -0.127. The van der Waals surface area contributed by atoms with Crippen molar-refractivity contribution in [2.45, 2.75) is 43.8 Å². The molecule has 10 heteroatoms. The van der Waals surface area contributed by atoms with Crippen LogP contribution in [0.15, 0.2) is 69.9 Å². The van der Waals surface area contributed by atoms with Gasteiger partial charge in [0.05, 0.1) is 21.3 Å². The number of nitrogens with zero attached hydrogens (tertiary/aromatic N) is 2. The van der Waals surface area contributed by atoms with Gasteiger partial charge in [-0.1, -0.05) is 71.7 Å². The molecule has 6 nitrogen and oxygen atoms in total. The molecule has 0 saturated heterocycles. The van der Waals surface area contributed by atoms with Crippen molar-refractivity contribution in [1.82, 2.24) is 14.9 Å². The predicted molar refractivity (Wildman–Crippen MR) is 157 cm³/mol. The lowest BCUT2D eigenvalue weighted by atomic mass is 10.1.